The van der Waals surface area contributed by atoms with E-state index in [1.165, 1.54) is 7.05 Å². The first-order chi connectivity index (χ1) is 8.55. The molecule has 18 heavy (non-hydrogen) atoms. The fourth-order valence-electron chi connectivity index (χ4n) is 2.34. The minimum Gasteiger partial charge on any atom is -0.357 e. The lowest BCUT2D eigenvalue weighted by Crippen LogP contribution is -2.49. The van der Waals surface area contributed by atoms with E-state index >= 15 is 0 Å². The molecule has 1 fully saturated rings. The van der Waals surface area contributed by atoms with Crippen LogP contribution in [0.5, 0.6) is 0 Å². The molecule has 2 amide bonds. The van der Waals surface area contributed by atoms with Crippen LogP contribution < -0.4 is 10.6 Å². The van der Waals surface area contributed by atoms with Crippen molar-refractivity contribution in [3.8, 4) is 6.07 Å². The Morgan fingerprint density at radius 3 is 2.22 bits per heavy atom. The zero-order valence-electron chi connectivity index (χ0n) is 11.1. The van der Waals surface area contributed by atoms with Crippen LogP contribution in [0.4, 0.5) is 0 Å². The highest BCUT2D eigenvalue weighted by Crippen LogP contribution is 2.34. The number of hydrogen-bond acceptors (Lipinski definition) is 3. The number of nitriles is 1. The van der Waals surface area contributed by atoms with Crippen LogP contribution in [-0.2, 0) is 9.59 Å². The molecule has 1 aliphatic rings. The van der Waals surface area contributed by atoms with E-state index in [0.29, 0.717) is 12.8 Å². The molecule has 0 aliphatic heterocycles. The summed E-state index contributed by atoms with van der Waals surface area (Å²) in [7, 11) is 1.52. The number of amides is 2. The summed E-state index contributed by atoms with van der Waals surface area (Å²) in [4.78, 5) is 23.6. The molecule has 0 radical (unpaired) electrons. The average Bonchev–Trinajstić information content (AvgIpc) is 2.63. The van der Waals surface area contributed by atoms with Crippen molar-refractivity contribution in [3.05, 3.63) is 0 Å². The summed E-state index contributed by atoms with van der Waals surface area (Å²) in [6, 6.07) is 1.57. The van der Waals surface area contributed by atoms with Gasteiger partial charge in [-0.2, -0.15) is 5.26 Å². The van der Waals surface area contributed by atoms with Gasteiger partial charge in [0.25, 0.3) is 0 Å². The molecule has 5 nitrogen and oxygen atoms in total. The molecule has 0 aromatic carbocycles. The zero-order valence-corrected chi connectivity index (χ0v) is 11.1. The molecule has 0 saturated heterocycles. The normalized spacial score (nSPS) is 20.1. The third-order valence-electron chi connectivity index (χ3n) is 3.59. The van der Waals surface area contributed by atoms with Gasteiger partial charge in [-0.1, -0.05) is 25.7 Å². The molecule has 0 bridgehead atoms. The Morgan fingerprint density at radius 1 is 1.22 bits per heavy atom. The Hall–Kier alpha value is -1.57. The number of nitrogens with one attached hydrogen (secondary N) is 2. The van der Waals surface area contributed by atoms with E-state index in [4.69, 9.17) is 0 Å². The van der Waals surface area contributed by atoms with Crippen LogP contribution in [0, 0.1) is 16.7 Å². The van der Waals surface area contributed by atoms with E-state index in [1.807, 2.05) is 0 Å². The van der Waals surface area contributed by atoms with E-state index in [9.17, 15) is 14.9 Å². The molecule has 0 aromatic heterocycles. The van der Waals surface area contributed by atoms with Crippen molar-refractivity contribution in [2.24, 2.45) is 5.41 Å². The van der Waals surface area contributed by atoms with Crippen molar-refractivity contribution in [1.82, 2.24) is 10.6 Å². The standard InChI is InChI=1S/C13H21N3O2/c1-10(11(17)15-2)16-12(18)13(9-14)7-5-3-4-6-8-13/h10H,3-8H2,1-2H3,(H,15,17)(H,16,18). The Labute approximate surface area is 108 Å². The van der Waals surface area contributed by atoms with Gasteiger partial charge in [0.15, 0.2) is 0 Å². The van der Waals surface area contributed by atoms with Gasteiger partial charge in [-0.15, -0.1) is 0 Å². The third-order valence-corrected chi connectivity index (χ3v) is 3.59. The molecule has 2 N–H and O–H groups in total. The molecule has 1 atom stereocenters. The largest absolute Gasteiger partial charge is 0.357 e. The molecule has 0 aromatic rings. The topological polar surface area (TPSA) is 82.0 Å². The lowest BCUT2D eigenvalue weighted by atomic mass is 9.81. The number of carbonyl (C=O) groups is 2. The maximum atomic E-state index is 12.2. The molecular weight excluding hydrogens is 230 g/mol. The lowest BCUT2D eigenvalue weighted by molar-refractivity contribution is -0.133. The first-order valence-corrected chi connectivity index (χ1v) is 6.49. The van der Waals surface area contributed by atoms with E-state index in [1.54, 1.807) is 6.92 Å². The second kappa shape index (κ2) is 6.39. The van der Waals surface area contributed by atoms with Crippen molar-refractivity contribution < 1.29 is 9.59 Å². The summed E-state index contributed by atoms with van der Waals surface area (Å²) in [6.45, 7) is 1.62. The van der Waals surface area contributed by atoms with Crippen molar-refractivity contribution in [1.29, 1.82) is 5.26 Å². The van der Waals surface area contributed by atoms with Crippen molar-refractivity contribution in [2.45, 2.75) is 51.5 Å². The number of carbonyl (C=O) groups excluding carboxylic acids is 2. The second-order valence-electron chi connectivity index (χ2n) is 4.92. The van der Waals surface area contributed by atoms with Gasteiger partial charge in [-0.25, -0.2) is 0 Å². The van der Waals surface area contributed by atoms with Gasteiger partial charge in [0.05, 0.1) is 6.07 Å². The van der Waals surface area contributed by atoms with Crippen LogP contribution in [0.3, 0.4) is 0 Å². The highest BCUT2D eigenvalue weighted by Gasteiger charge is 2.39. The average molecular weight is 251 g/mol. The minimum atomic E-state index is -0.946. The van der Waals surface area contributed by atoms with Crippen LogP contribution in [0.25, 0.3) is 0 Å². The van der Waals surface area contributed by atoms with E-state index in [2.05, 4.69) is 16.7 Å². The molecule has 0 spiro atoms. The maximum absolute atomic E-state index is 12.2. The summed E-state index contributed by atoms with van der Waals surface area (Å²) < 4.78 is 0. The molecule has 5 heteroatoms. The summed E-state index contributed by atoms with van der Waals surface area (Å²) >= 11 is 0. The van der Waals surface area contributed by atoms with Crippen LogP contribution in [0.1, 0.15) is 45.4 Å². The first-order valence-electron chi connectivity index (χ1n) is 6.49. The van der Waals surface area contributed by atoms with Gasteiger partial charge >= 0.3 is 0 Å². The zero-order chi connectivity index (χ0) is 13.6. The second-order valence-corrected chi connectivity index (χ2v) is 4.92. The van der Waals surface area contributed by atoms with Crippen molar-refractivity contribution >= 4 is 11.8 Å². The number of nitrogens with zero attached hydrogens (tertiary/aromatic N) is 1. The fraction of sp³-hybridized carbons (Fsp3) is 0.769. The van der Waals surface area contributed by atoms with Gasteiger partial charge in [0.1, 0.15) is 11.5 Å². The molecule has 1 saturated carbocycles. The Kier molecular flexibility index (Phi) is 5.14. The Bertz CT molecular complexity index is 352. The number of hydrogen-bond donors (Lipinski definition) is 2. The number of rotatable bonds is 3. The molecular formula is C13H21N3O2. The predicted octanol–water partition coefficient (Wildman–Crippen LogP) is 1.10. The molecule has 1 unspecified atom stereocenters. The molecule has 0 heterocycles. The summed E-state index contributed by atoms with van der Waals surface area (Å²) in [6.07, 6.45) is 5.12. The SMILES string of the molecule is CNC(=O)C(C)NC(=O)C1(C#N)CCCCCC1. The highest BCUT2D eigenvalue weighted by atomic mass is 16.2. The Balaban J connectivity index is 2.73. The van der Waals surface area contributed by atoms with Gasteiger partial charge in [-0.3, -0.25) is 9.59 Å². The summed E-state index contributed by atoms with van der Waals surface area (Å²) in [5.74, 6) is -0.548. The van der Waals surface area contributed by atoms with Crippen LogP contribution >= 0.6 is 0 Å². The fourth-order valence-corrected chi connectivity index (χ4v) is 2.34. The van der Waals surface area contributed by atoms with Gasteiger partial charge in [-0.05, 0) is 19.8 Å². The van der Waals surface area contributed by atoms with Crippen LogP contribution in [0.15, 0.2) is 0 Å². The van der Waals surface area contributed by atoms with Crippen LogP contribution in [0.2, 0.25) is 0 Å². The lowest BCUT2D eigenvalue weighted by Gasteiger charge is -2.25. The van der Waals surface area contributed by atoms with E-state index in [0.717, 1.165) is 25.7 Å². The first kappa shape index (κ1) is 14.5. The minimum absolute atomic E-state index is 0.245. The summed E-state index contributed by atoms with van der Waals surface area (Å²) in [5.41, 5.74) is -0.946. The highest BCUT2D eigenvalue weighted by molar-refractivity contribution is 5.91. The quantitative estimate of drug-likeness (QED) is 0.737. The summed E-state index contributed by atoms with van der Waals surface area (Å²) in [5, 5.41) is 14.5. The van der Waals surface area contributed by atoms with Gasteiger partial charge in [0, 0.05) is 7.05 Å². The van der Waals surface area contributed by atoms with Gasteiger partial charge in [0.2, 0.25) is 11.8 Å². The number of likely N-dealkylation sites (N-methyl/N-ethyl adjacent to an activating group) is 1. The van der Waals surface area contributed by atoms with E-state index in [-0.39, 0.29) is 11.8 Å². The Morgan fingerprint density at radius 2 is 1.78 bits per heavy atom. The van der Waals surface area contributed by atoms with Crippen molar-refractivity contribution in [3.63, 3.8) is 0 Å². The molecule has 1 aliphatic carbocycles. The van der Waals surface area contributed by atoms with Crippen LogP contribution in [-0.4, -0.2) is 24.9 Å². The third kappa shape index (κ3) is 3.22. The van der Waals surface area contributed by atoms with Crippen molar-refractivity contribution in [2.75, 3.05) is 7.05 Å². The predicted molar refractivity (Wildman–Crippen MR) is 67.4 cm³/mol. The maximum Gasteiger partial charge on any atom is 0.242 e. The smallest absolute Gasteiger partial charge is 0.242 e. The molecule has 1 rings (SSSR count). The monoisotopic (exact) mass is 251 g/mol. The van der Waals surface area contributed by atoms with E-state index < -0.39 is 11.5 Å². The van der Waals surface area contributed by atoms with Gasteiger partial charge < -0.3 is 10.6 Å². The molecule has 100 valence electrons.